The largest absolute Gasteiger partial charge is 0.480 e. The number of aliphatic carboxylic acids is 1. The number of hydrogen-bond acceptors (Lipinski definition) is 4. The number of hydrogen-bond donors (Lipinski definition) is 2. The molecule has 1 rings (SSSR count). The van der Waals surface area contributed by atoms with Crippen LogP contribution in [-0.2, 0) is 9.53 Å². The molecule has 1 atom stereocenters. The van der Waals surface area contributed by atoms with Gasteiger partial charge in [-0.1, -0.05) is 0 Å². The number of carboxylic acid groups (broad SMARTS) is 1. The lowest BCUT2D eigenvalue weighted by Crippen LogP contribution is -2.46. The molecule has 0 aliphatic carbocycles. The Morgan fingerprint density at radius 2 is 2.29 bits per heavy atom. The lowest BCUT2D eigenvalue weighted by Gasteiger charge is -2.14. The average Bonchev–Trinajstić information content (AvgIpc) is 2.51. The van der Waals surface area contributed by atoms with E-state index in [4.69, 9.17) is 5.11 Å². The number of cyclic esters (lactones) is 1. The minimum atomic E-state index is -1.16. The molecule has 1 aliphatic rings. The number of carbonyl (C=O) groups excluding carboxylic acids is 2. The molecule has 0 spiro atoms. The third-order valence-electron chi connectivity index (χ3n) is 1.72. The van der Waals surface area contributed by atoms with E-state index < -0.39 is 24.1 Å². The van der Waals surface area contributed by atoms with Crippen LogP contribution >= 0.6 is 0 Å². The van der Waals surface area contributed by atoms with Gasteiger partial charge in [-0.2, -0.15) is 0 Å². The van der Waals surface area contributed by atoms with E-state index in [9.17, 15) is 14.4 Å². The number of carbonyl (C=O) groups is 3. The van der Waals surface area contributed by atoms with Crippen molar-refractivity contribution in [2.24, 2.45) is 0 Å². The first-order valence-corrected chi connectivity index (χ1v) is 4.00. The predicted octanol–water partition coefficient (Wildman–Crippen LogP) is -0.379. The molecule has 0 saturated carbocycles. The fraction of sp³-hybridized carbons (Fsp3) is 0.571. The molecule has 7 nitrogen and oxygen atoms in total. The molecule has 2 N–H and O–H groups in total. The number of ether oxygens (including phenoxy) is 1. The molecule has 3 amide bonds. The van der Waals surface area contributed by atoms with Crippen molar-refractivity contribution in [3.05, 3.63) is 0 Å². The smallest absolute Gasteiger partial charge is 0.418 e. The summed E-state index contributed by atoms with van der Waals surface area (Å²) in [5, 5.41) is 10.6. The zero-order chi connectivity index (χ0) is 10.7. The number of nitrogens with one attached hydrogen (secondary N) is 1. The Balaban J connectivity index is 2.49. The first kappa shape index (κ1) is 10.3. The first-order chi connectivity index (χ1) is 6.52. The van der Waals surface area contributed by atoms with Gasteiger partial charge in [0.15, 0.2) is 0 Å². The Hall–Kier alpha value is -1.79. The molecule has 14 heavy (non-hydrogen) atoms. The summed E-state index contributed by atoms with van der Waals surface area (Å²) in [7, 11) is 0. The van der Waals surface area contributed by atoms with E-state index in [-0.39, 0.29) is 13.2 Å². The van der Waals surface area contributed by atoms with Crippen LogP contribution in [0.2, 0.25) is 0 Å². The molecular formula is C7H10N2O5. The van der Waals surface area contributed by atoms with Gasteiger partial charge in [-0.15, -0.1) is 0 Å². The highest BCUT2D eigenvalue weighted by Crippen LogP contribution is 2.03. The predicted molar refractivity (Wildman–Crippen MR) is 43.7 cm³/mol. The zero-order valence-electron chi connectivity index (χ0n) is 7.52. The fourth-order valence-corrected chi connectivity index (χ4v) is 0.903. The number of nitrogens with zero attached hydrogens (tertiary/aromatic N) is 1. The van der Waals surface area contributed by atoms with Crippen LogP contribution in [0.1, 0.15) is 6.92 Å². The molecule has 0 aromatic rings. The SMILES string of the molecule is CC(NC(=O)N1CCOC1=O)C(=O)O. The number of imide groups is 1. The van der Waals surface area contributed by atoms with Crippen molar-refractivity contribution in [1.82, 2.24) is 10.2 Å². The summed E-state index contributed by atoms with van der Waals surface area (Å²) >= 11 is 0. The van der Waals surface area contributed by atoms with Crippen molar-refractivity contribution in [3.8, 4) is 0 Å². The standard InChI is InChI=1S/C7H10N2O5/c1-4(5(10)11)8-6(12)9-2-3-14-7(9)13/h4H,2-3H2,1H3,(H,8,12)(H,10,11). The second-order valence-corrected chi connectivity index (χ2v) is 2.78. The monoisotopic (exact) mass is 202 g/mol. The van der Waals surface area contributed by atoms with Gasteiger partial charge in [-0.05, 0) is 6.92 Å². The van der Waals surface area contributed by atoms with E-state index in [0.717, 1.165) is 4.90 Å². The average molecular weight is 202 g/mol. The molecule has 1 heterocycles. The third kappa shape index (κ3) is 2.12. The van der Waals surface area contributed by atoms with E-state index in [1.807, 2.05) is 0 Å². The third-order valence-corrected chi connectivity index (χ3v) is 1.72. The molecule has 1 fully saturated rings. The van der Waals surface area contributed by atoms with Gasteiger partial charge in [0.2, 0.25) is 0 Å². The second-order valence-electron chi connectivity index (χ2n) is 2.78. The van der Waals surface area contributed by atoms with E-state index in [0.29, 0.717) is 0 Å². The lowest BCUT2D eigenvalue weighted by atomic mass is 10.3. The second kappa shape index (κ2) is 3.95. The molecule has 0 aromatic heterocycles. The number of urea groups is 1. The highest BCUT2D eigenvalue weighted by molar-refractivity contribution is 5.93. The summed E-state index contributed by atoms with van der Waals surface area (Å²) < 4.78 is 4.51. The lowest BCUT2D eigenvalue weighted by molar-refractivity contribution is -0.138. The van der Waals surface area contributed by atoms with Crippen LogP contribution in [0, 0.1) is 0 Å². The fourth-order valence-electron chi connectivity index (χ4n) is 0.903. The Morgan fingerprint density at radius 1 is 1.64 bits per heavy atom. The van der Waals surface area contributed by atoms with Gasteiger partial charge in [0.1, 0.15) is 12.6 Å². The summed E-state index contributed by atoms with van der Waals surface area (Å²) in [6.07, 6.45) is -0.750. The Bertz CT molecular complexity index is 277. The minimum Gasteiger partial charge on any atom is -0.480 e. The van der Waals surface area contributed by atoms with Crippen molar-refractivity contribution in [2.75, 3.05) is 13.2 Å². The Labute approximate surface area is 79.6 Å². The number of rotatable bonds is 2. The topological polar surface area (TPSA) is 95.9 Å². The van der Waals surface area contributed by atoms with Gasteiger partial charge < -0.3 is 15.2 Å². The van der Waals surface area contributed by atoms with Crippen molar-refractivity contribution >= 4 is 18.1 Å². The maximum atomic E-state index is 11.2. The first-order valence-electron chi connectivity index (χ1n) is 4.00. The summed E-state index contributed by atoms with van der Waals surface area (Å²) in [5.41, 5.74) is 0. The van der Waals surface area contributed by atoms with Crippen LogP contribution < -0.4 is 5.32 Å². The van der Waals surface area contributed by atoms with E-state index >= 15 is 0 Å². The van der Waals surface area contributed by atoms with Gasteiger partial charge in [0.25, 0.3) is 0 Å². The van der Waals surface area contributed by atoms with Crippen molar-refractivity contribution in [3.63, 3.8) is 0 Å². The van der Waals surface area contributed by atoms with Gasteiger partial charge >= 0.3 is 18.1 Å². The summed E-state index contributed by atoms with van der Waals surface area (Å²) in [6.45, 7) is 1.60. The van der Waals surface area contributed by atoms with Crippen molar-refractivity contribution in [1.29, 1.82) is 0 Å². The molecule has 1 saturated heterocycles. The Kier molecular flexibility index (Phi) is 2.90. The number of amides is 3. The van der Waals surface area contributed by atoms with Crippen molar-refractivity contribution in [2.45, 2.75) is 13.0 Å². The van der Waals surface area contributed by atoms with Gasteiger partial charge in [-0.3, -0.25) is 4.79 Å². The van der Waals surface area contributed by atoms with Crippen LogP contribution in [0.15, 0.2) is 0 Å². The molecule has 0 bridgehead atoms. The molecular weight excluding hydrogens is 192 g/mol. The number of carboxylic acids is 1. The maximum Gasteiger partial charge on any atom is 0.418 e. The molecule has 7 heteroatoms. The van der Waals surface area contributed by atoms with Crippen LogP contribution in [0.4, 0.5) is 9.59 Å². The zero-order valence-corrected chi connectivity index (χ0v) is 7.52. The highest BCUT2D eigenvalue weighted by Gasteiger charge is 2.29. The quantitative estimate of drug-likeness (QED) is 0.636. The molecule has 78 valence electrons. The van der Waals surface area contributed by atoms with E-state index in [1.54, 1.807) is 0 Å². The molecule has 1 unspecified atom stereocenters. The molecule has 1 aliphatic heterocycles. The summed E-state index contributed by atoms with van der Waals surface area (Å²) in [6, 6.07) is -1.78. The molecule has 0 aromatic carbocycles. The van der Waals surface area contributed by atoms with Gasteiger partial charge in [0.05, 0.1) is 6.54 Å². The maximum absolute atomic E-state index is 11.2. The van der Waals surface area contributed by atoms with Crippen molar-refractivity contribution < 1.29 is 24.2 Å². The van der Waals surface area contributed by atoms with Crippen LogP contribution in [0.25, 0.3) is 0 Å². The van der Waals surface area contributed by atoms with Gasteiger partial charge in [0, 0.05) is 0 Å². The minimum absolute atomic E-state index is 0.147. The normalized spacial score (nSPS) is 17.5. The van der Waals surface area contributed by atoms with E-state index in [2.05, 4.69) is 10.1 Å². The van der Waals surface area contributed by atoms with Crippen LogP contribution in [0.3, 0.4) is 0 Å². The summed E-state index contributed by atoms with van der Waals surface area (Å²) in [5.74, 6) is -1.16. The van der Waals surface area contributed by atoms with E-state index in [1.165, 1.54) is 6.92 Å². The highest BCUT2D eigenvalue weighted by atomic mass is 16.6. The van der Waals surface area contributed by atoms with Gasteiger partial charge in [-0.25, -0.2) is 14.5 Å². The Morgan fingerprint density at radius 3 is 2.71 bits per heavy atom. The van der Waals surface area contributed by atoms with Crippen LogP contribution in [-0.4, -0.2) is 47.3 Å². The summed E-state index contributed by atoms with van der Waals surface area (Å²) in [4.78, 5) is 33.3. The van der Waals surface area contributed by atoms with Crippen LogP contribution in [0.5, 0.6) is 0 Å². The molecule has 0 radical (unpaired) electrons.